The third-order valence-electron chi connectivity index (χ3n) is 10.3. The predicted octanol–water partition coefficient (Wildman–Crippen LogP) is -1.90. The summed E-state index contributed by atoms with van der Waals surface area (Å²) in [6.07, 6.45) is 0.0942. The van der Waals surface area contributed by atoms with E-state index in [4.69, 9.17) is 17.2 Å². The lowest BCUT2D eigenvalue weighted by Gasteiger charge is -2.29. The minimum Gasteiger partial charge on any atom is -0.508 e. The lowest BCUT2D eigenvalue weighted by molar-refractivity contribution is -0.142. The molecule has 1 aliphatic heterocycles. The highest BCUT2D eigenvalue weighted by atomic mass is 16.3. The zero-order chi connectivity index (χ0) is 45.3. The number of hydrogen-bond donors (Lipinski definition) is 11. The van der Waals surface area contributed by atoms with Crippen LogP contribution in [0.4, 0.5) is 0 Å². The SMILES string of the molecule is C[C@@H](NC(=O)[C@@H](N)Cc1ccc(O)cc1)C(=O)N[C@@H](Cc1ccccc1)C(=O)NCC(=O)N[C@@H](Cc1ccc(O)cc1)C(=O)N1CC(O)C[C@H]1C(=O)N[C@@H](CCCCN)C(N)=O. The molecule has 1 unspecified atom stereocenters. The fraction of sp³-hybridized carbons (Fsp3) is 0.419. The van der Waals surface area contributed by atoms with Crippen molar-refractivity contribution in [3.8, 4) is 11.5 Å². The molecule has 0 spiro atoms. The second-order valence-corrected chi connectivity index (χ2v) is 15.3. The van der Waals surface area contributed by atoms with Gasteiger partial charge in [0.05, 0.1) is 18.7 Å². The number of aliphatic hydroxyl groups excluding tert-OH is 1. The molecule has 334 valence electrons. The quantitative estimate of drug-likeness (QED) is 0.0494. The maximum Gasteiger partial charge on any atom is 0.246 e. The van der Waals surface area contributed by atoms with Crippen LogP contribution in [0.5, 0.6) is 11.5 Å². The molecule has 0 bridgehead atoms. The third-order valence-corrected chi connectivity index (χ3v) is 10.3. The molecule has 0 aromatic heterocycles. The van der Waals surface area contributed by atoms with Crippen LogP contribution in [0.3, 0.4) is 0 Å². The number of likely N-dealkylation sites (tertiary alicyclic amines) is 1. The second kappa shape index (κ2) is 23.4. The standard InChI is InChI=1S/C43H57N9O10/c1-25(48-40(59)32(45)19-27-10-14-29(53)15-11-27)39(58)51-34(20-26-7-3-2-4-8-26)41(60)47-23-37(56)49-35(21-28-12-16-30(54)17-13-28)43(62)52-24-31(55)22-36(52)42(61)50-33(38(46)57)9-5-6-18-44/h2-4,7-8,10-17,25,31-36,53-55H,5-6,9,18-24,44-45H2,1H3,(H2,46,57)(H,47,60)(H,48,59)(H,49,56)(H,50,61)(H,51,58)/t25-,31?,32+,33+,34+,35+,36+/m1/s1. The van der Waals surface area contributed by atoms with Crippen LogP contribution in [0, 0.1) is 0 Å². The number of nitrogens with zero attached hydrogens (tertiary/aromatic N) is 1. The number of hydrogen-bond acceptors (Lipinski definition) is 12. The van der Waals surface area contributed by atoms with Crippen LogP contribution in [0.2, 0.25) is 0 Å². The number of carbonyl (C=O) groups excluding carboxylic acids is 7. The van der Waals surface area contributed by atoms with Crippen LogP contribution >= 0.6 is 0 Å². The van der Waals surface area contributed by atoms with Crippen molar-refractivity contribution < 1.29 is 48.9 Å². The molecule has 19 nitrogen and oxygen atoms in total. The van der Waals surface area contributed by atoms with Gasteiger partial charge in [0.15, 0.2) is 0 Å². The van der Waals surface area contributed by atoms with Gasteiger partial charge in [-0.15, -0.1) is 0 Å². The Bertz CT molecular complexity index is 2000. The average Bonchev–Trinajstić information content (AvgIpc) is 3.65. The summed E-state index contributed by atoms with van der Waals surface area (Å²) >= 11 is 0. The molecule has 1 fully saturated rings. The summed E-state index contributed by atoms with van der Waals surface area (Å²) < 4.78 is 0. The second-order valence-electron chi connectivity index (χ2n) is 15.3. The molecular formula is C43H57N9O10. The van der Waals surface area contributed by atoms with Crippen LogP contribution in [-0.4, -0.2) is 124 Å². The number of phenolic OH excluding ortho intramolecular Hbond substituents is 2. The highest BCUT2D eigenvalue weighted by Crippen LogP contribution is 2.22. The number of carbonyl (C=O) groups is 7. The molecule has 3 aromatic carbocycles. The summed E-state index contributed by atoms with van der Waals surface area (Å²) in [6.45, 7) is 0.895. The highest BCUT2D eigenvalue weighted by Gasteiger charge is 2.42. The number of unbranched alkanes of at least 4 members (excludes halogenated alkanes) is 1. The molecule has 1 aliphatic rings. The van der Waals surface area contributed by atoms with Crippen LogP contribution < -0.4 is 43.8 Å². The van der Waals surface area contributed by atoms with Crippen molar-refractivity contribution in [3.05, 3.63) is 95.6 Å². The molecule has 7 atom stereocenters. The van der Waals surface area contributed by atoms with Crippen LogP contribution in [0.1, 0.15) is 49.3 Å². The minimum atomic E-state index is -1.33. The molecule has 3 aromatic rings. The molecule has 1 heterocycles. The van der Waals surface area contributed by atoms with E-state index in [1.54, 1.807) is 42.5 Å². The van der Waals surface area contributed by atoms with Crippen LogP contribution in [0.15, 0.2) is 78.9 Å². The Morgan fingerprint density at radius 3 is 1.89 bits per heavy atom. The number of aliphatic hydroxyl groups is 1. The first-order valence-electron chi connectivity index (χ1n) is 20.4. The number of benzene rings is 3. The van der Waals surface area contributed by atoms with Gasteiger partial charge in [0.1, 0.15) is 41.7 Å². The number of rotatable bonds is 22. The summed E-state index contributed by atoms with van der Waals surface area (Å²) in [6, 6.07) is 13.8. The zero-order valence-electron chi connectivity index (χ0n) is 34.5. The summed E-state index contributed by atoms with van der Waals surface area (Å²) in [5.41, 5.74) is 19.0. The largest absolute Gasteiger partial charge is 0.508 e. The topological polar surface area (TPSA) is 322 Å². The average molecular weight is 860 g/mol. The lowest BCUT2D eigenvalue weighted by Crippen LogP contribution is -2.58. The van der Waals surface area contributed by atoms with E-state index < -0.39 is 90.3 Å². The van der Waals surface area contributed by atoms with Gasteiger partial charge < -0.3 is 64.0 Å². The number of phenols is 2. The van der Waals surface area contributed by atoms with E-state index in [0.29, 0.717) is 36.1 Å². The molecule has 0 radical (unpaired) electrons. The number of β-amino-alcohol motifs (C(OH)–C–C–N with tert-alkyl or cyclic N) is 1. The van der Waals surface area contributed by atoms with Crippen molar-refractivity contribution >= 4 is 41.4 Å². The van der Waals surface area contributed by atoms with Gasteiger partial charge in [-0.05, 0) is 80.1 Å². The Morgan fingerprint density at radius 2 is 1.29 bits per heavy atom. The smallest absolute Gasteiger partial charge is 0.246 e. The monoisotopic (exact) mass is 859 g/mol. The molecule has 7 amide bonds. The van der Waals surface area contributed by atoms with Gasteiger partial charge in [-0.2, -0.15) is 0 Å². The van der Waals surface area contributed by atoms with Gasteiger partial charge in [-0.3, -0.25) is 33.6 Å². The molecule has 0 aliphatic carbocycles. The first kappa shape index (κ1) is 48.1. The molecule has 1 saturated heterocycles. The summed E-state index contributed by atoms with van der Waals surface area (Å²) in [4.78, 5) is 94.3. The molecule has 14 N–H and O–H groups in total. The molecule has 4 rings (SSSR count). The van der Waals surface area contributed by atoms with Gasteiger partial charge in [-0.25, -0.2) is 0 Å². The Morgan fingerprint density at radius 1 is 0.710 bits per heavy atom. The fourth-order valence-corrected chi connectivity index (χ4v) is 6.88. The van der Waals surface area contributed by atoms with Crippen molar-refractivity contribution in [2.45, 2.75) is 94.2 Å². The van der Waals surface area contributed by atoms with Crippen molar-refractivity contribution in [1.29, 1.82) is 0 Å². The van der Waals surface area contributed by atoms with Gasteiger partial charge in [0, 0.05) is 25.8 Å². The van der Waals surface area contributed by atoms with E-state index in [9.17, 15) is 48.9 Å². The highest BCUT2D eigenvalue weighted by molar-refractivity contribution is 5.96. The van der Waals surface area contributed by atoms with Gasteiger partial charge in [0.2, 0.25) is 41.4 Å². The summed E-state index contributed by atoms with van der Waals surface area (Å²) in [5.74, 6) is -5.11. The third kappa shape index (κ3) is 14.9. The van der Waals surface area contributed by atoms with Crippen LogP contribution in [0.25, 0.3) is 0 Å². The zero-order valence-corrected chi connectivity index (χ0v) is 34.5. The number of amides is 7. The molecule has 0 saturated carbocycles. The first-order valence-corrected chi connectivity index (χ1v) is 20.4. The van der Waals surface area contributed by atoms with Gasteiger partial charge in [0.25, 0.3) is 0 Å². The van der Waals surface area contributed by atoms with Crippen molar-refractivity contribution in [1.82, 2.24) is 31.5 Å². The number of primary amides is 1. The lowest BCUT2D eigenvalue weighted by atomic mass is 10.0. The summed E-state index contributed by atoms with van der Waals surface area (Å²) in [7, 11) is 0. The van der Waals surface area contributed by atoms with E-state index in [1.165, 1.54) is 43.3 Å². The Balaban J connectivity index is 1.44. The van der Waals surface area contributed by atoms with E-state index in [0.717, 1.165) is 4.90 Å². The van der Waals surface area contributed by atoms with Gasteiger partial charge >= 0.3 is 0 Å². The number of nitrogens with two attached hydrogens (primary N) is 3. The maximum absolute atomic E-state index is 14.2. The summed E-state index contributed by atoms with van der Waals surface area (Å²) in [5, 5.41) is 42.8. The molecule has 19 heteroatoms. The first-order chi connectivity index (χ1) is 29.5. The van der Waals surface area contributed by atoms with E-state index in [1.807, 2.05) is 0 Å². The Labute approximate surface area is 359 Å². The number of nitrogens with one attached hydrogen (secondary N) is 5. The molecular weight excluding hydrogens is 803 g/mol. The number of aromatic hydroxyl groups is 2. The van der Waals surface area contributed by atoms with E-state index in [2.05, 4.69) is 26.6 Å². The van der Waals surface area contributed by atoms with Crippen molar-refractivity contribution in [3.63, 3.8) is 0 Å². The fourth-order valence-electron chi connectivity index (χ4n) is 6.88. The molecule has 62 heavy (non-hydrogen) atoms. The Kier molecular flexibility index (Phi) is 18.2. The maximum atomic E-state index is 14.2. The minimum absolute atomic E-state index is 0.00734. The van der Waals surface area contributed by atoms with Gasteiger partial charge in [-0.1, -0.05) is 54.6 Å². The van der Waals surface area contributed by atoms with Crippen LogP contribution in [-0.2, 0) is 52.8 Å². The van der Waals surface area contributed by atoms with E-state index >= 15 is 0 Å². The van der Waals surface area contributed by atoms with Crippen molar-refractivity contribution in [2.24, 2.45) is 17.2 Å². The van der Waals surface area contributed by atoms with Crippen molar-refractivity contribution in [2.75, 3.05) is 19.6 Å². The van der Waals surface area contributed by atoms with E-state index in [-0.39, 0.29) is 50.1 Å². The normalized spacial score (nSPS) is 17.1. The Hall–Kier alpha value is -6.57. The predicted molar refractivity (Wildman–Crippen MR) is 226 cm³/mol.